The van der Waals surface area contributed by atoms with Crippen LogP contribution in [0.1, 0.15) is 24.8 Å². The van der Waals surface area contributed by atoms with Crippen molar-refractivity contribution in [2.45, 2.75) is 36.4 Å². The molecule has 0 bridgehead atoms. The summed E-state index contributed by atoms with van der Waals surface area (Å²) in [5.74, 6) is 0.616. The van der Waals surface area contributed by atoms with Crippen molar-refractivity contribution < 1.29 is 17.6 Å². The maximum Gasteiger partial charge on any atom is 0.433 e. The second-order valence-electron chi connectivity index (χ2n) is 4.28. The second-order valence-corrected chi connectivity index (χ2v) is 5.34. The van der Waals surface area contributed by atoms with E-state index in [-0.39, 0.29) is 11.0 Å². The molecule has 8 heteroatoms. The Morgan fingerprint density at radius 1 is 1.33 bits per heavy atom. The molecule has 0 radical (unpaired) electrons. The molecule has 0 amide bonds. The van der Waals surface area contributed by atoms with Crippen LogP contribution < -0.4 is 5.32 Å². The first kappa shape index (κ1) is 15.7. The van der Waals surface area contributed by atoms with Crippen LogP contribution in [-0.4, -0.2) is 16.5 Å². The van der Waals surface area contributed by atoms with E-state index in [1.807, 2.05) is 6.92 Å². The summed E-state index contributed by atoms with van der Waals surface area (Å²) < 4.78 is 43.8. The molecule has 0 spiro atoms. The molecule has 0 fully saturated rings. The maximum absolute atomic E-state index is 12.9. The van der Waals surface area contributed by atoms with E-state index in [0.29, 0.717) is 12.3 Å². The maximum atomic E-state index is 12.9. The average Bonchev–Trinajstić information content (AvgIpc) is 2.81. The summed E-state index contributed by atoms with van der Waals surface area (Å²) in [6, 6.07) is 2.63. The third kappa shape index (κ3) is 4.13. The van der Waals surface area contributed by atoms with Crippen molar-refractivity contribution in [3.05, 3.63) is 29.9 Å². The highest BCUT2D eigenvalue weighted by Crippen LogP contribution is 2.34. The number of nitrogens with zero attached hydrogens (tertiary/aromatic N) is 2. The lowest BCUT2D eigenvalue weighted by Crippen LogP contribution is -2.13. The van der Waals surface area contributed by atoms with Crippen LogP contribution in [0, 0.1) is 6.92 Å². The van der Waals surface area contributed by atoms with Crippen molar-refractivity contribution in [3.8, 4) is 0 Å². The number of furan rings is 1. The number of hydrogen-bond acceptors (Lipinski definition) is 5. The second kappa shape index (κ2) is 6.38. The smallest absolute Gasteiger partial charge is 0.433 e. The van der Waals surface area contributed by atoms with E-state index in [2.05, 4.69) is 15.3 Å². The zero-order valence-electron chi connectivity index (χ0n) is 11.5. The van der Waals surface area contributed by atoms with Crippen LogP contribution >= 0.6 is 11.8 Å². The van der Waals surface area contributed by atoms with Gasteiger partial charge in [0.25, 0.3) is 0 Å². The van der Waals surface area contributed by atoms with Gasteiger partial charge in [0.2, 0.25) is 5.95 Å². The Morgan fingerprint density at radius 2 is 2.10 bits per heavy atom. The van der Waals surface area contributed by atoms with Gasteiger partial charge in [-0.25, -0.2) is 9.97 Å². The van der Waals surface area contributed by atoms with Gasteiger partial charge >= 0.3 is 6.18 Å². The van der Waals surface area contributed by atoms with Gasteiger partial charge in [0.15, 0.2) is 5.69 Å². The lowest BCUT2D eigenvalue weighted by molar-refractivity contribution is -0.141. The first-order valence-corrected chi connectivity index (χ1v) is 7.14. The molecule has 0 saturated heterocycles. The van der Waals surface area contributed by atoms with E-state index >= 15 is 0 Å². The lowest BCUT2D eigenvalue weighted by Gasteiger charge is -2.10. The van der Waals surface area contributed by atoms with Gasteiger partial charge in [0, 0.05) is 12.6 Å². The molecule has 114 valence electrons. The molecule has 0 saturated carbocycles. The standard InChI is InChI=1S/C13H14F3N3OS/c1-3-5-17-12-18-10(13(14,15)16)7-11(19-12)21-9-4-6-20-8(9)2/h4,6-7H,3,5H2,1-2H3,(H,17,18,19). The number of alkyl halides is 3. The summed E-state index contributed by atoms with van der Waals surface area (Å²) in [6.07, 6.45) is -2.25. The average molecular weight is 317 g/mol. The summed E-state index contributed by atoms with van der Waals surface area (Å²) in [7, 11) is 0. The quantitative estimate of drug-likeness (QED) is 0.830. The molecular weight excluding hydrogens is 303 g/mol. The number of aryl methyl sites for hydroxylation is 1. The van der Waals surface area contributed by atoms with Gasteiger partial charge in [0.05, 0.1) is 11.2 Å². The Hall–Kier alpha value is -1.70. The summed E-state index contributed by atoms with van der Waals surface area (Å²) >= 11 is 1.11. The Morgan fingerprint density at radius 3 is 2.67 bits per heavy atom. The molecule has 2 aromatic rings. The number of nitrogens with one attached hydrogen (secondary N) is 1. The molecule has 0 aliphatic carbocycles. The Labute approximate surface area is 124 Å². The summed E-state index contributed by atoms with van der Waals surface area (Å²) in [6.45, 7) is 4.16. The van der Waals surface area contributed by atoms with Crippen molar-refractivity contribution >= 4 is 17.7 Å². The predicted molar refractivity (Wildman–Crippen MR) is 73.4 cm³/mol. The molecule has 2 rings (SSSR count). The SMILES string of the molecule is CCCNc1nc(Sc2ccoc2C)cc(C(F)(F)F)n1. The molecule has 4 nitrogen and oxygen atoms in total. The monoisotopic (exact) mass is 317 g/mol. The van der Waals surface area contributed by atoms with E-state index in [1.54, 1.807) is 13.0 Å². The van der Waals surface area contributed by atoms with E-state index in [4.69, 9.17) is 4.42 Å². The molecule has 2 aromatic heterocycles. The van der Waals surface area contributed by atoms with Gasteiger partial charge in [0.1, 0.15) is 10.8 Å². The number of rotatable bonds is 5. The number of anilines is 1. The van der Waals surface area contributed by atoms with Crippen LogP contribution in [0.15, 0.2) is 32.7 Å². The van der Waals surface area contributed by atoms with Gasteiger partial charge in [-0.3, -0.25) is 0 Å². The van der Waals surface area contributed by atoms with Gasteiger partial charge in [-0.05, 0) is 19.4 Å². The van der Waals surface area contributed by atoms with E-state index in [9.17, 15) is 13.2 Å². The predicted octanol–water partition coefficient (Wildman–Crippen LogP) is 4.37. The van der Waals surface area contributed by atoms with E-state index in [1.165, 1.54) is 6.26 Å². The van der Waals surface area contributed by atoms with Crippen LogP contribution in [0.5, 0.6) is 0 Å². The lowest BCUT2D eigenvalue weighted by atomic mass is 10.4. The minimum absolute atomic E-state index is 0.0182. The van der Waals surface area contributed by atoms with E-state index < -0.39 is 11.9 Å². The normalized spacial score (nSPS) is 11.7. The van der Waals surface area contributed by atoms with Crippen molar-refractivity contribution in [1.82, 2.24) is 9.97 Å². The third-order valence-corrected chi connectivity index (χ3v) is 3.61. The highest BCUT2D eigenvalue weighted by molar-refractivity contribution is 7.99. The Bertz CT molecular complexity index is 613. The fraction of sp³-hybridized carbons (Fsp3) is 0.385. The summed E-state index contributed by atoms with van der Waals surface area (Å²) in [4.78, 5) is 8.33. The zero-order chi connectivity index (χ0) is 15.5. The molecule has 1 N–H and O–H groups in total. The molecule has 0 unspecified atom stereocenters. The summed E-state index contributed by atoms with van der Waals surface area (Å²) in [5.41, 5.74) is -0.959. The Balaban J connectivity index is 2.33. The van der Waals surface area contributed by atoms with Gasteiger partial charge in [-0.1, -0.05) is 18.7 Å². The molecule has 0 aromatic carbocycles. The van der Waals surface area contributed by atoms with Crippen molar-refractivity contribution in [2.75, 3.05) is 11.9 Å². The molecular formula is C13H14F3N3OS. The van der Waals surface area contributed by atoms with Crippen molar-refractivity contribution in [2.24, 2.45) is 0 Å². The minimum atomic E-state index is -4.51. The molecule has 0 aliphatic heterocycles. The minimum Gasteiger partial charge on any atom is -0.468 e. The molecule has 0 atom stereocenters. The topological polar surface area (TPSA) is 51.0 Å². The first-order valence-electron chi connectivity index (χ1n) is 6.32. The number of aromatic nitrogens is 2. The number of hydrogen-bond donors (Lipinski definition) is 1. The molecule has 21 heavy (non-hydrogen) atoms. The Kier molecular flexibility index (Phi) is 4.76. The van der Waals surface area contributed by atoms with Gasteiger partial charge in [-0.15, -0.1) is 0 Å². The van der Waals surface area contributed by atoms with Crippen LogP contribution in [0.25, 0.3) is 0 Å². The van der Waals surface area contributed by atoms with Gasteiger partial charge in [-0.2, -0.15) is 13.2 Å². The highest BCUT2D eigenvalue weighted by atomic mass is 32.2. The van der Waals surface area contributed by atoms with Crippen LogP contribution in [0.4, 0.5) is 19.1 Å². The largest absolute Gasteiger partial charge is 0.468 e. The number of halogens is 3. The zero-order valence-corrected chi connectivity index (χ0v) is 12.3. The first-order chi connectivity index (χ1) is 9.90. The summed E-state index contributed by atoms with van der Waals surface area (Å²) in [5, 5.41) is 3.01. The fourth-order valence-corrected chi connectivity index (χ4v) is 2.37. The molecule has 2 heterocycles. The highest BCUT2D eigenvalue weighted by Gasteiger charge is 2.33. The van der Waals surface area contributed by atoms with Crippen LogP contribution in [0.3, 0.4) is 0 Å². The fourth-order valence-electron chi connectivity index (χ4n) is 1.53. The van der Waals surface area contributed by atoms with Crippen LogP contribution in [0.2, 0.25) is 0 Å². The third-order valence-electron chi connectivity index (χ3n) is 2.55. The van der Waals surface area contributed by atoms with E-state index in [0.717, 1.165) is 29.1 Å². The van der Waals surface area contributed by atoms with Gasteiger partial charge < -0.3 is 9.73 Å². The van der Waals surface area contributed by atoms with Crippen LogP contribution in [-0.2, 0) is 6.18 Å². The van der Waals surface area contributed by atoms with Crippen molar-refractivity contribution in [1.29, 1.82) is 0 Å². The molecule has 0 aliphatic rings. The van der Waals surface area contributed by atoms with Crippen molar-refractivity contribution in [3.63, 3.8) is 0 Å².